The van der Waals surface area contributed by atoms with Crippen molar-refractivity contribution in [2.24, 2.45) is 5.92 Å². The lowest BCUT2D eigenvalue weighted by Gasteiger charge is -2.47. The lowest BCUT2D eigenvalue weighted by Crippen LogP contribution is -2.60. The maximum Gasteiger partial charge on any atom is 0.416 e. The number of halogens is 3. The number of ether oxygens (including phenoxy) is 2. The molecule has 1 aromatic carbocycles. The van der Waals surface area contributed by atoms with E-state index in [2.05, 4.69) is 4.98 Å². The quantitative estimate of drug-likeness (QED) is 0.678. The summed E-state index contributed by atoms with van der Waals surface area (Å²) >= 11 is 0. The molecule has 2 atom stereocenters. The maximum absolute atomic E-state index is 13.0. The fourth-order valence-electron chi connectivity index (χ4n) is 4.17. The third-order valence-electron chi connectivity index (χ3n) is 5.65. The molecule has 9 heteroatoms. The van der Waals surface area contributed by atoms with Crippen LogP contribution in [0.5, 0.6) is 0 Å². The number of morpholine rings is 1. The fourth-order valence-corrected chi connectivity index (χ4v) is 4.17. The minimum Gasteiger partial charge on any atom is -0.445 e. The number of Topliss-reactive ketones (excluding diaryl/α,β-unsaturated/α-hetero) is 1. The standard InChI is InChI=1S/C22H21F3N2O4/c23-22(24,25)16-6-7-26-19(10-16)20(28)15-8-17-12-30-13-18(9-15)27(17)21(29)31-11-14-4-2-1-3-5-14/h1-7,10,15,17-18H,8-9,11-13H2. The molecule has 0 N–H and O–H groups in total. The summed E-state index contributed by atoms with van der Waals surface area (Å²) in [6.45, 7) is 0.625. The molecule has 0 radical (unpaired) electrons. The lowest BCUT2D eigenvalue weighted by molar-refractivity contribution is -0.137. The third-order valence-corrected chi connectivity index (χ3v) is 5.65. The van der Waals surface area contributed by atoms with Gasteiger partial charge in [0, 0.05) is 12.1 Å². The van der Waals surface area contributed by atoms with E-state index < -0.39 is 29.5 Å². The molecule has 2 unspecified atom stereocenters. The van der Waals surface area contributed by atoms with Gasteiger partial charge in [-0.05, 0) is 30.5 Å². The van der Waals surface area contributed by atoms with E-state index in [1.165, 1.54) is 0 Å². The molecule has 2 saturated heterocycles. The van der Waals surface area contributed by atoms with Crippen LogP contribution in [0.1, 0.15) is 34.5 Å². The van der Waals surface area contributed by atoms with E-state index in [-0.39, 0.29) is 50.4 Å². The van der Waals surface area contributed by atoms with E-state index in [1.54, 1.807) is 4.90 Å². The summed E-state index contributed by atoms with van der Waals surface area (Å²) in [7, 11) is 0. The number of aromatic nitrogens is 1. The number of amides is 1. The molecular weight excluding hydrogens is 413 g/mol. The molecule has 2 bridgehead atoms. The van der Waals surface area contributed by atoms with Gasteiger partial charge in [-0.3, -0.25) is 14.7 Å². The monoisotopic (exact) mass is 434 g/mol. The average molecular weight is 434 g/mol. The van der Waals surface area contributed by atoms with Crippen molar-refractivity contribution >= 4 is 11.9 Å². The van der Waals surface area contributed by atoms with Crippen molar-refractivity contribution in [2.75, 3.05) is 13.2 Å². The topological polar surface area (TPSA) is 68.7 Å². The Morgan fingerprint density at radius 3 is 2.42 bits per heavy atom. The second-order valence-corrected chi connectivity index (χ2v) is 7.75. The van der Waals surface area contributed by atoms with Gasteiger partial charge in [0.2, 0.25) is 0 Å². The fraction of sp³-hybridized carbons (Fsp3) is 0.409. The number of pyridine rings is 1. The van der Waals surface area contributed by atoms with Crippen LogP contribution in [0.15, 0.2) is 48.7 Å². The van der Waals surface area contributed by atoms with Gasteiger partial charge in [0.25, 0.3) is 0 Å². The second-order valence-electron chi connectivity index (χ2n) is 7.75. The number of benzene rings is 1. The summed E-state index contributed by atoms with van der Waals surface area (Å²) in [5, 5.41) is 0. The van der Waals surface area contributed by atoms with Crippen molar-refractivity contribution in [1.82, 2.24) is 9.88 Å². The zero-order valence-electron chi connectivity index (χ0n) is 16.5. The van der Waals surface area contributed by atoms with Gasteiger partial charge < -0.3 is 9.47 Å². The molecular formula is C22H21F3N2O4. The Balaban J connectivity index is 1.44. The van der Waals surface area contributed by atoms with Crippen LogP contribution in [0.3, 0.4) is 0 Å². The minimum absolute atomic E-state index is 0.132. The van der Waals surface area contributed by atoms with Gasteiger partial charge in [0.05, 0.1) is 30.9 Å². The van der Waals surface area contributed by atoms with Gasteiger partial charge in [0.1, 0.15) is 12.3 Å². The second kappa shape index (κ2) is 8.66. The van der Waals surface area contributed by atoms with Crippen LogP contribution in [-0.2, 0) is 22.3 Å². The normalized spacial score (nSPS) is 23.3. The van der Waals surface area contributed by atoms with Crippen LogP contribution in [0.2, 0.25) is 0 Å². The summed E-state index contributed by atoms with van der Waals surface area (Å²) in [6.07, 6.45) is -3.46. The highest BCUT2D eigenvalue weighted by Crippen LogP contribution is 2.35. The number of nitrogens with zero attached hydrogens (tertiary/aromatic N) is 2. The number of alkyl halides is 3. The first-order valence-electron chi connectivity index (χ1n) is 9.97. The third kappa shape index (κ3) is 4.71. The molecule has 2 aliphatic heterocycles. The van der Waals surface area contributed by atoms with Gasteiger partial charge in [-0.25, -0.2) is 4.79 Å². The first kappa shape index (κ1) is 21.3. The Labute approximate surface area is 177 Å². The molecule has 6 nitrogen and oxygen atoms in total. The largest absolute Gasteiger partial charge is 0.445 e. The van der Waals surface area contributed by atoms with Crippen LogP contribution in [0.25, 0.3) is 0 Å². The summed E-state index contributed by atoms with van der Waals surface area (Å²) in [6, 6.07) is 10.1. The smallest absolute Gasteiger partial charge is 0.416 e. The lowest BCUT2D eigenvalue weighted by atomic mass is 9.81. The highest BCUT2D eigenvalue weighted by Gasteiger charge is 2.45. The predicted molar refractivity (Wildman–Crippen MR) is 103 cm³/mol. The Bertz CT molecular complexity index is 937. The van der Waals surface area contributed by atoms with E-state index in [4.69, 9.17) is 9.47 Å². The van der Waals surface area contributed by atoms with E-state index in [0.717, 1.165) is 23.9 Å². The first-order chi connectivity index (χ1) is 14.8. The molecule has 1 aromatic heterocycles. The van der Waals surface area contributed by atoms with E-state index in [9.17, 15) is 22.8 Å². The number of fused-ring (bicyclic) bond motifs is 2. The number of hydrogen-bond donors (Lipinski definition) is 0. The highest BCUT2D eigenvalue weighted by molar-refractivity contribution is 5.96. The molecule has 31 heavy (non-hydrogen) atoms. The van der Waals surface area contributed by atoms with Crippen molar-refractivity contribution in [1.29, 1.82) is 0 Å². The van der Waals surface area contributed by atoms with Crippen LogP contribution in [-0.4, -0.2) is 47.1 Å². The van der Waals surface area contributed by atoms with Gasteiger partial charge in [-0.2, -0.15) is 13.2 Å². The Morgan fingerprint density at radius 2 is 1.77 bits per heavy atom. The van der Waals surface area contributed by atoms with Gasteiger partial charge in [-0.1, -0.05) is 30.3 Å². The molecule has 0 spiro atoms. The van der Waals surface area contributed by atoms with Crippen molar-refractivity contribution < 1.29 is 32.2 Å². The van der Waals surface area contributed by atoms with Crippen molar-refractivity contribution in [3.63, 3.8) is 0 Å². The average Bonchev–Trinajstić information content (AvgIpc) is 2.76. The molecule has 0 aliphatic carbocycles. The number of ketones is 1. The van der Waals surface area contributed by atoms with Crippen LogP contribution >= 0.6 is 0 Å². The maximum atomic E-state index is 13.0. The minimum atomic E-state index is -4.55. The van der Waals surface area contributed by atoms with Crippen LogP contribution in [0, 0.1) is 5.92 Å². The number of carbonyl (C=O) groups excluding carboxylic acids is 2. The number of hydrogen-bond acceptors (Lipinski definition) is 5. The molecule has 1 amide bonds. The van der Waals surface area contributed by atoms with Crippen molar-refractivity contribution in [3.8, 4) is 0 Å². The summed E-state index contributed by atoms with van der Waals surface area (Å²) in [5.74, 6) is -0.978. The van der Waals surface area contributed by atoms with Gasteiger partial charge in [-0.15, -0.1) is 0 Å². The molecule has 2 fully saturated rings. The zero-order chi connectivity index (χ0) is 22.0. The van der Waals surface area contributed by atoms with E-state index in [1.807, 2.05) is 30.3 Å². The Hall–Kier alpha value is -2.94. The molecule has 2 aromatic rings. The molecule has 164 valence electrons. The van der Waals surface area contributed by atoms with E-state index in [0.29, 0.717) is 0 Å². The molecule has 2 aliphatic rings. The highest BCUT2D eigenvalue weighted by atomic mass is 19.4. The Morgan fingerprint density at radius 1 is 1.10 bits per heavy atom. The summed E-state index contributed by atoms with van der Waals surface area (Å²) in [5.41, 5.74) is -0.256. The number of piperidine rings is 1. The van der Waals surface area contributed by atoms with Gasteiger partial charge >= 0.3 is 12.3 Å². The zero-order valence-corrected chi connectivity index (χ0v) is 16.5. The van der Waals surface area contributed by atoms with Crippen LogP contribution in [0.4, 0.5) is 18.0 Å². The first-order valence-corrected chi connectivity index (χ1v) is 9.97. The molecule has 3 heterocycles. The Kier molecular flexibility index (Phi) is 5.95. The van der Waals surface area contributed by atoms with E-state index >= 15 is 0 Å². The summed E-state index contributed by atoms with van der Waals surface area (Å²) in [4.78, 5) is 31.1. The van der Waals surface area contributed by atoms with Crippen molar-refractivity contribution in [3.05, 3.63) is 65.5 Å². The SMILES string of the molecule is O=C(c1cc(C(F)(F)F)ccn1)C1CC2COCC(C1)N2C(=O)OCc1ccccc1. The number of carbonyl (C=O) groups is 2. The molecule has 4 rings (SSSR count). The number of rotatable bonds is 4. The predicted octanol–water partition coefficient (Wildman–Crippen LogP) is 4.10. The van der Waals surface area contributed by atoms with Crippen LogP contribution < -0.4 is 0 Å². The molecule has 0 saturated carbocycles. The van der Waals surface area contributed by atoms with Crippen molar-refractivity contribution in [2.45, 2.75) is 37.7 Å². The van der Waals surface area contributed by atoms with Gasteiger partial charge in [0.15, 0.2) is 5.78 Å². The summed E-state index contributed by atoms with van der Waals surface area (Å²) < 4.78 is 49.9.